The van der Waals surface area contributed by atoms with E-state index in [2.05, 4.69) is 33.8 Å². The Kier molecular flexibility index (Phi) is 4.40. The highest BCUT2D eigenvalue weighted by Crippen LogP contribution is 2.30. The first-order chi connectivity index (χ1) is 9.35. The number of benzene rings is 1. The van der Waals surface area contributed by atoms with E-state index in [1.165, 1.54) is 22.0 Å². The molecule has 0 saturated carbocycles. The van der Waals surface area contributed by atoms with Crippen LogP contribution in [-0.2, 0) is 0 Å². The Morgan fingerprint density at radius 2 is 2.37 bits per heavy atom. The van der Waals surface area contributed by atoms with Crippen LogP contribution in [0.25, 0.3) is 10.2 Å². The fraction of sp³-hybridized carbons (Fsp3) is 0.462. The SMILES string of the molecule is COc1ccc2nc(NCC3CSCCS3)sc2c1. The molecule has 0 bridgehead atoms. The van der Waals surface area contributed by atoms with E-state index in [1.807, 2.05) is 18.2 Å². The van der Waals surface area contributed by atoms with Crippen molar-refractivity contribution in [2.24, 2.45) is 0 Å². The van der Waals surface area contributed by atoms with Gasteiger partial charge in [0.05, 0.1) is 17.3 Å². The van der Waals surface area contributed by atoms with E-state index in [-0.39, 0.29) is 0 Å². The molecular formula is C13H16N2OS3. The first kappa shape index (κ1) is 13.4. The van der Waals surface area contributed by atoms with Gasteiger partial charge < -0.3 is 10.1 Å². The van der Waals surface area contributed by atoms with Gasteiger partial charge in [-0.3, -0.25) is 0 Å². The normalized spacial score (nSPS) is 19.5. The molecule has 1 saturated heterocycles. The largest absolute Gasteiger partial charge is 0.497 e. The molecule has 1 N–H and O–H groups in total. The van der Waals surface area contributed by atoms with E-state index in [0.29, 0.717) is 5.25 Å². The molecule has 6 heteroatoms. The Bertz CT molecular complexity index is 552. The summed E-state index contributed by atoms with van der Waals surface area (Å²) in [6.45, 7) is 1.01. The maximum Gasteiger partial charge on any atom is 0.183 e. The van der Waals surface area contributed by atoms with Crippen molar-refractivity contribution < 1.29 is 4.74 Å². The van der Waals surface area contributed by atoms with Gasteiger partial charge in [0.1, 0.15) is 5.75 Å². The summed E-state index contributed by atoms with van der Waals surface area (Å²) in [4.78, 5) is 4.61. The number of hydrogen-bond donors (Lipinski definition) is 1. The van der Waals surface area contributed by atoms with Gasteiger partial charge in [0.15, 0.2) is 5.13 Å². The zero-order chi connectivity index (χ0) is 13.1. The van der Waals surface area contributed by atoms with Crippen LogP contribution in [-0.4, -0.2) is 41.1 Å². The van der Waals surface area contributed by atoms with Crippen molar-refractivity contribution in [1.29, 1.82) is 0 Å². The third-order valence-electron chi connectivity index (χ3n) is 2.96. The molecule has 1 aromatic heterocycles. The maximum atomic E-state index is 5.24. The Morgan fingerprint density at radius 3 is 3.16 bits per heavy atom. The number of thiazole rings is 1. The second-order valence-electron chi connectivity index (χ2n) is 4.30. The lowest BCUT2D eigenvalue weighted by molar-refractivity contribution is 0.415. The van der Waals surface area contributed by atoms with E-state index < -0.39 is 0 Å². The number of rotatable bonds is 4. The van der Waals surface area contributed by atoms with Crippen molar-refractivity contribution in [3.63, 3.8) is 0 Å². The van der Waals surface area contributed by atoms with E-state index in [9.17, 15) is 0 Å². The average molecular weight is 312 g/mol. The minimum absolute atomic E-state index is 0.709. The van der Waals surface area contributed by atoms with Gasteiger partial charge in [0.25, 0.3) is 0 Å². The van der Waals surface area contributed by atoms with Crippen molar-refractivity contribution in [1.82, 2.24) is 4.98 Å². The minimum Gasteiger partial charge on any atom is -0.497 e. The lowest BCUT2D eigenvalue weighted by atomic mass is 10.3. The molecule has 1 atom stereocenters. The van der Waals surface area contributed by atoms with Crippen LogP contribution < -0.4 is 10.1 Å². The fourth-order valence-corrected chi connectivity index (χ4v) is 5.48. The molecule has 0 radical (unpaired) electrons. The molecule has 1 fully saturated rings. The molecule has 0 spiro atoms. The summed E-state index contributed by atoms with van der Waals surface area (Å²) in [5, 5.41) is 5.20. The third-order valence-corrected chi connectivity index (χ3v) is 6.78. The Morgan fingerprint density at radius 1 is 1.42 bits per heavy atom. The highest BCUT2D eigenvalue weighted by atomic mass is 32.2. The van der Waals surface area contributed by atoms with Crippen molar-refractivity contribution in [3.05, 3.63) is 18.2 Å². The number of methoxy groups -OCH3 is 1. The predicted octanol–water partition coefficient (Wildman–Crippen LogP) is 3.57. The molecule has 19 heavy (non-hydrogen) atoms. The van der Waals surface area contributed by atoms with Gasteiger partial charge in [-0.2, -0.15) is 23.5 Å². The summed E-state index contributed by atoms with van der Waals surface area (Å²) < 4.78 is 6.41. The standard InChI is InChI=1S/C13H16N2OS3/c1-16-9-2-3-11-12(6-9)19-13(15-11)14-7-10-8-17-4-5-18-10/h2-3,6,10H,4-5,7-8H2,1H3,(H,14,15). The molecule has 2 aromatic rings. The number of fused-ring (bicyclic) bond motifs is 1. The van der Waals surface area contributed by atoms with Crippen LogP contribution in [0.4, 0.5) is 5.13 Å². The van der Waals surface area contributed by atoms with Gasteiger partial charge >= 0.3 is 0 Å². The molecule has 3 nitrogen and oxygen atoms in total. The smallest absolute Gasteiger partial charge is 0.183 e. The van der Waals surface area contributed by atoms with Crippen LogP contribution >= 0.6 is 34.9 Å². The number of hydrogen-bond acceptors (Lipinski definition) is 6. The molecule has 1 aromatic carbocycles. The average Bonchev–Trinajstić information content (AvgIpc) is 2.88. The van der Waals surface area contributed by atoms with E-state index >= 15 is 0 Å². The van der Waals surface area contributed by atoms with Gasteiger partial charge in [0.2, 0.25) is 0 Å². The van der Waals surface area contributed by atoms with Crippen molar-refractivity contribution in [3.8, 4) is 5.75 Å². The van der Waals surface area contributed by atoms with Crippen LogP contribution in [0, 0.1) is 0 Å². The molecule has 2 heterocycles. The first-order valence-electron chi connectivity index (χ1n) is 6.23. The van der Waals surface area contributed by atoms with Gasteiger partial charge in [-0.1, -0.05) is 11.3 Å². The molecule has 1 aliphatic heterocycles. The van der Waals surface area contributed by atoms with E-state index in [4.69, 9.17) is 4.74 Å². The summed E-state index contributed by atoms with van der Waals surface area (Å²) >= 11 is 5.82. The highest BCUT2D eigenvalue weighted by Gasteiger charge is 2.14. The summed E-state index contributed by atoms with van der Waals surface area (Å²) in [5.41, 5.74) is 1.04. The van der Waals surface area contributed by atoms with Crippen LogP contribution in [0.5, 0.6) is 5.75 Å². The molecular weight excluding hydrogens is 296 g/mol. The quantitative estimate of drug-likeness (QED) is 0.933. The van der Waals surface area contributed by atoms with Crippen LogP contribution in [0.3, 0.4) is 0 Å². The van der Waals surface area contributed by atoms with Crippen LogP contribution in [0.15, 0.2) is 18.2 Å². The lowest BCUT2D eigenvalue weighted by Crippen LogP contribution is -2.23. The van der Waals surface area contributed by atoms with Gasteiger partial charge in [-0.05, 0) is 18.2 Å². The Balaban J connectivity index is 1.67. The van der Waals surface area contributed by atoms with E-state index in [0.717, 1.165) is 22.9 Å². The van der Waals surface area contributed by atoms with Gasteiger partial charge in [0, 0.05) is 29.1 Å². The molecule has 102 valence electrons. The summed E-state index contributed by atoms with van der Waals surface area (Å²) in [6.07, 6.45) is 0. The van der Waals surface area contributed by atoms with Crippen molar-refractivity contribution >= 4 is 50.2 Å². The van der Waals surface area contributed by atoms with E-state index in [1.54, 1.807) is 18.4 Å². The van der Waals surface area contributed by atoms with Gasteiger partial charge in [-0.15, -0.1) is 0 Å². The molecule has 0 aliphatic carbocycles. The number of anilines is 1. The second kappa shape index (κ2) is 6.24. The minimum atomic E-state index is 0.709. The molecule has 1 aliphatic rings. The summed E-state index contributed by atoms with van der Waals surface area (Å²) in [6, 6.07) is 6.02. The summed E-state index contributed by atoms with van der Waals surface area (Å²) in [7, 11) is 1.69. The molecule has 3 rings (SSSR count). The van der Waals surface area contributed by atoms with Crippen LogP contribution in [0.1, 0.15) is 0 Å². The zero-order valence-corrected chi connectivity index (χ0v) is 13.2. The zero-order valence-electron chi connectivity index (χ0n) is 10.7. The molecule has 1 unspecified atom stereocenters. The number of thioether (sulfide) groups is 2. The number of nitrogens with one attached hydrogen (secondary N) is 1. The monoisotopic (exact) mass is 312 g/mol. The van der Waals surface area contributed by atoms with Crippen molar-refractivity contribution in [2.75, 3.05) is 36.2 Å². The second-order valence-corrected chi connectivity index (χ2v) is 7.89. The van der Waals surface area contributed by atoms with Gasteiger partial charge in [-0.25, -0.2) is 4.98 Å². The Labute approximate surface area is 125 Å². The molecule has 0 amide bonds. The number of ether oxygens (including phenoxy) is 1. The fourth-order valence-electron chi connectivity index (χ4n) is 1.96. The lowest BCUT2D eigenvalue weighted by Gasteiger charge is -2.20. The Hall–Kier alpha value is -0.590. The predicted molar refractivity (Wildman–Crippen MR) is 88.2 cm³/mol. The first-order valence-corrected chi connectivity index (χ1v) is 9.25. The number of aromatic nitrogens is 1. The van der Waals surface area contributed by atoms with Crippen LogP contribution in [0.2, 0.25) is 0 Å². The van der Waals surface area contributed by atoms with Crippen molar-refractivity contribution in [2.45, 2.75) is 5.25 Å². The third kappa shape index (κ3) is 3.30. The highest BCUT2D eigenvalue weighted by molar-refractivity contribution is 8.06. The summed E-state index contributed by atoms with van der Waals surface area (Å²) in [5.74, 6) is 4.70. The maximum absolute atomic E-state index is 5.24. The topological polar surface area (TPSA) is 34.1 Å². The number of nitrogens with zero attached hydrogens (tertiary/aromatic N) is 1.